The maximum atomic E-state index is 14.1. The normalized spacial score (nSPS) is 10.7. The van der Waals surface area contributed by atoms with Gasteiger partial charge in [-0.1, -0.05) is 46.9 Å². The van der Waals surface area contributed by atoms with Crippen molar-refractivity contribution in [2.45, 2.75) is 0 Å². The minimum Gasteiger partial charge on any atom is -0.507 e. The largest absolute Gasteiger partial charge is 0.507 e. The highest BCUT2D eigenvalue weighted by Gasteiger charge is 2.24. The summed E-state index contributed by atoms with van der Waals surface area (Å²) in [5.74, 6) is -1.72. The van der Waals surface area contributed by atoms with Crippen LogP contribution in [-0.2, 0) is 0 Å². The minimum absolute atomic E-state index is 0.0379. The van der Waals surface area contributed by atoms with E-state index in [2.05, 4.69) is 4.98 Å². The number of rotatable bonds is 4. The number of carbonyl (C=O) groups is 1. The quantitative estimate of drug-likeness (QED) is 0.439. The summed E-state index contributed by atoms with van der Waals surface area (Å²) < 4.78 is 19.8. The van der Waals surface area contributed by atoms with Gasteiger partial charge in [0.2, 0.25) is 5.95 Å². The van der Waals surface area contributed by atoms with Crippen LogP contribution in [0.5, 0.6) is 17.2 Å². The Balaban J connectivity index is 2.07. The van der Waals surface area contributed by atoms with Crippen LogP contribution < -0.4 is 9.64 Å². The van der Waals surface area contributed by atoms with E-state index in [9.17, 15) is 14.3 Å². The number of nitrogens with zero attached hydrogens (tertiary/aromatic N) is 2. The van der Waals surface area contributed by atoms with E-state index in [1.165, 1.54) is 18.2 Å². The number of benzene rings is 2. The van der Waals surface area contributed by atoms with Gasteiger partial charge >= 0.3 is 6.09 Å². The molecule has 0 unspecified atom stereocenters. The molecule has 0 fully saturated rings. The van der Waals surface area contributed by atoms with E-state index < -0.39 is 17.1 Å². The van der Waals surface area contributed by atoms with Crippen LogP contribution in [0, 0.1) is 5.95 Å². The van der Waals surface area contributed by atoms with Crippen molar-refractivity contribution in [3.63, 3.8) is 0 Å². The van der Waals surface area contributed by atoms with E-state index in [1.807, 2.05) is 0 Å². The first-order chi connectivity index (χ1) is 13.7. The topological polar surface area (TPSA) is 82.9 Å². The molecular weight excluding hydrogens is 446 g/mol. The number of hydrogen-bond donors (Lipinski definition) is 2. The van der Waals surface area contributed by atoms with Crippen LogP contribution in [0.1, 0.15) is 0 Å². The molecule has 0 radical (unpaired) electrons. The van der Waals surface area contributed by atoms with E-state index in [0.29, 0.717) is 21.0 Å². The number of amides is 1. The van der Waals surface area contributed by atoms with Crippen molar-refractivity contribution in [3.8, 4) is 28.4 Å². The smallest absolute Gasteiger partial charge is 0.412 e. The molecule has 1 heterocycles. The number of anilines is 1. The van der Waals surface area contributed by atoms with Crippen LogP contribution in [0.3, 0.4) is 0 Å². The average molecular weight is 458 g/mol. The number of phenols is 1. The van der Waals surface area contributed by atoms with E-state index in [0.717, 1.165) is 7.05 Å². The number of phenolic OH excluding ortho intramolecular Hbond substituents is 1. The first kappa shape index (κ1) is 21.0. The Kier molecular flexibility index (Phi) is 6.02. The maximum Gasteiger partial charge on any atom is 0.412 e. The zero-order chi connectivity index (χ0) is 21.3. The molecule has 1 amide bonds. The second-order valence-electron chi connectivity index (χ2n) is 5.82. The summed E-state index contributed by atoms with van der Waals surface area (Å²) in [5, 5.41) is 19.0. The van der Waals surface area contributed by atoms with E-state index in [1.54, 1.807) is 24.3 Å². The summed E-state index contributed by atoms with van der Waals surface area (Å²) in [6, 6.07) is 11.0. The second kappa shape index (κ2) is 8.32. The van der Waals surface area contributed by atoms with Crippen molar-refractivity contribution in [3.05, 3.63) is 63.5 Å². The summed E-state index contributed by atoms with van der Waals surface area (Å²) in [5.41, 5.74) is 1.01. The van der Waals surface area contributed by atoms with Gasteiger partial charge in [0.05, 0.1) is 0 Å². The number of aromatic nitrogens is 1. The number of ether oxygens (including phenoxy) is 1. The minimum atomic E-state index is -1.40. The van der Waals surface area contributed by atoms with E-state index >= 15 is 0 Å². The van der Waals surface area contributed by atoms with Gasteiger partial charge in [-0.05, 0) is 35.9 Å². The Labute approximate surface area is 179 Å². The van der Waals surface area contributed by atoms with Crippen LogP contribution in [0.25, 0.3) is 11.1 Å². The fraction of sp³-hybridized carbons (Fsp3) is 0.0526. The van der Waals surface area contributed by atoms with Crippen molar-refractivity contribution in [2.24, 2.45) is 0 Å². The molecule has 2 N–H and O–H groups in total. The van der Waals surface area contributed by atoms with Crippen molar-refractivity contribution < 1.29 is 24.1 Å². The number of carboxylic acid groups (broad SMARTS) is 1. The standard InChI is InChI=1S/C19H12Cl3FN2O4/c1-25(19(27)28)18-15(22)16(14(21)17(23)24-18)29-11-5-6-13(26)12(8-11)9-3-2-4-10(20)7-9/h2-8,26H,1H3,(H,27,28). The summed E-state index contributed by atoms with van der Waals surface area (Å²) in [6.45, 7) is 0. The monoisotopic (exact) mass is 456 g/mol. The van der Waals surface area contributed by atoms with Crippen molar-refractivity contribution in [1.29, 1.82) is 0 Å². The fourth-order valence-electron chi connectivity index (χ4n) is 2.47. The van der Waals surface area contributed by atoms with Crippen molar-refractivity contribution in [1.82, 2.24) is 4.98 Å². The number of pyridine rings is 1. The summed E-state index contributed by atoms with van der Waals surface area (Å²) >= 11 is 18.1. The molecule has 10 heteroatoms. The molecule has 6 nitrogen and oxygen atoms in total. The fourth-order valence-corrected chi connectivity index (χ4v) is 3.18. The molecule has 2 aromatic carbocycles. The van der Waals surface area contributed by atoms with Crippen molar-refractivity contribution >= 4 is 46.7 Å². The number of hydrogen-bond acceptors (Lipinski definition) is 4. The third kappa shape index (κ3) is 4.32. The maximum absolute atomic E-state index is 14.1. The molecule has 0 aliphatic carbocycles. The van der Waals surface area contributed by atoms with Gasteiger partial charge in [-0.15, -0.1) is 0 Å². The van der Waals surface area contributed by atoms with Crippen LogP contribution >= 0.6 is 34.8 Å². The highest BCUT2D eigenvalue weighted by molar-refractivity contribution is 6.39. The van der Waals surface area contributed by atoms with E-state index in [-0.39, 0.29) is 28.1 Å². The Bertz CT molecular complexity index is 1110. The van der Waals surface area contributed by atoms with Gasteiger partial charge in [0.25, 0.3) is 0 Å². The van der Waals surface area contributed by atoms with Crippen molar-refractivity contribution in [2.75, 3.05) is 11.9 Å². The lowest BCUT2D eigenvalue weighted by atomic mass is 10.0. The molecule has 0 spiro atoms. The van der Waals surface area contributed by atoms with E-state index in [4.69, 9.17) is 44.6 Å². The molecule has 0 saturated heterocycles. The Morgan fingerprint density at radius 3 is 2.52 bits per heavy atom. The summed E-state index contributed by atoms with van der Waals surface area (Å²) in [4.78, 5) is 15.3. The van der Waals surface area contributed by atoms with Gasteiger partial charge in [-0.3, -0.25) is 4.90 Å². The Morgan fingerprint density at radius 2 is 1.86 bits per heavy atom. The Morgan fingerprint density at radius 1 is 1.14 bits per heavy atom. The lowest BCUT2D eigenvalue weighted by Crippen LogP contribution is -2.25. The molecule has 3 rings (SSSR count). The first-order valence-corrected chi connectivity index (χ1v) is 9.10. The molecule has 0 aliphatic heterocycles. The molecule has 0 atom stereocenters. The highest BCUT2D eigenvalue weighted by atomic mass is 35.5. The van der Waals surface area contributed by atoms with Gasteiger partial charge < -0.3 is 14.9 Å². The lowest BCUT2D eigenvalue weighted by molar-refractivity contribution is 0.203. The van der Waals surface area contributed by atoms with Crippen LogP contribution in [0.15, 0.2) is 42.5 Å². The molecule has 3 aromatic rings. The molecule has 1 aromatic heterocycles. The zero-order valence-corrected chi connectivity index (χ0v) is 16.9. The third-order valence-corrected chi connectivity index (χ3v) is 4.81. The number of halogens is 4. The summed E-state index contributed by atoms with van der Waals surface area (Å²) in [7, 11) is 1.14. The van der Waals surface area contributed by atoms with Gasteiger partial charge in [0.1, 0.15) is 21.5 Å². The molecule has 150 valence electrons. The molecule has 0 bridgehead atoms. The highest BCUT2D eigenvalue weighted by Crippen LogP contribution is 2.43. The van der Waals surface area contributed by atoms with Crippen LogP contribution in [0.4, 0.5) is 15.0 Å². The molecule has 0 saturated carbocycles. The second-order valence-corrected chi connectivity index (χ2v) is 7.01. The third-order valence-electron chi connectivity index (χ3n) is 3.91. The molecule has 29 heavy (non-hydrogen) atoms. The predicted octanol–water partition coefficient (Wildman–Crippen LogP) is 6.46. The van der Waals surface area contributed by atoms with Crippen LogP contribution in [-0.4, -0.2) is 28.3 Å². The average Bonchev–Trinajstić information content (AvgIpc) is 2.68. The van der Waals surface area contributed by atoms with Gasteiger partial charge in [0, 0.05) is 17.6 Å². The van der Waals surface area contributed by atoms with Gasteiger partial charge in [-0.25, -0.2) is 4.79 Å². The SMILES string of the molecule is CN(C(=O)O)c1nc(F)c(Cl)c(Oc2ccc(O)c(-c3cccc(Cl)c3)c2)c1Cl. The molecule has 0 aliphatic rings. The zero-order valence-electron chi connectivity index (χ0n) is 14.7. The van der Waals surface area contributed by atoms with Crippen LogP contribution in [0.2, 0.25) is 15.1 Å². The first-order valence-electron chi connectivity index (χ1n) is 7.97. The number of aromatic hydroxyl groups is 1. The molecular formula is C19H12Cl3FN2O4. The lowest BCUT2D eigenvalue weighted by Gasteiger charge is -2.18. The summed E-state index contributed by atoms with van der Waals surface area (Å²) in [6.07, 6.45) is -1.40. The predicted molar refractivity (Wildman–Crippen MR) is 109 cm³/mol. The van der Waals surface area contributed by atoms with Gasteiger partial charge in [-0.2, -0.15) is 9.37 Å². The Hall–Kier alpha value is -2.74. The van der Waals surface area contributed by atoms with Gasteiger partial charge in [0.15, 0.2) is 11.6 Å².